The third-order valence-electron chi connectivity index (χ3n) is 3.50. The molecule has 1 aliphatic heterocycles. The number of nitrogens with zero attached hydrogens (tertiary/aromatic N) is 2. The predicted molar refractivity (Wildman–Crippen MR) is 85.9 cm³/mol. The molecule has 1 amide bonds. The Labute approximate surface area is 131 Å². The summed E-state index contributed by atoms with van der Waals surface area (Å²) in [6.45, 7) is 5.70. The van der Waals surface area contributed by atoms with E-state index in [0.29, 0.717) is 13.0 Å². The fourth-order valence-electron chi connectivity index (χ4n) is 2.40. The Bertz CT molecular complexity index is 460. The lowest BCUT2D eigenvalue weighted by Crippen LogP contribution is -2.49. The molecule has 0 atom stereocenters. The molecular weight excluding hydrogens is 297 g/mol. The van der Waals surface area contributed by atoms with Crippen molar-refractivity contribution in [2.24, 2.45) is 5.73 Å². The molecule has 0 saturated carbocycles. The van der Waals surface area contributed by atoms with Crippen LogP contribution in [0.4, 0.5) is 5.69 Å². The SMILES string of the molecule is Cc1ccc(Cl)cc1N1CCN(C(=O)CCN)CC1.Cl. The molecule has 0 aliphatic carbocycles. The highest BCUT2D eigenvalue weighted by molar-refractivity contribution is 6.30. The molecule has 0 unspecified atom stereocenters. The molecular formula is C14H21Cl2N3O. The monoisotopic (exact) mass is 317 g/mol. The highest BCUT2D eigenvalue weighted by Crippen LogP contribution is 2.25. The van der Waals surface area contributed by atoms with Crippen LogP contribution in [0.15, 0.2) is 18.2 Å². The molecule has 0 aromatic heterocycles. The van der Waals surface area contributed by atoms with Crippen LogP contribution in [0.3, 0.4) is 0 Å². The lowest BCUT2D eigenvalue weighted by atomic mass is 10.1. The van der Waals surface area contributed by atoms with Crippen molar-refractivity contribution < 1.29 is 4.79 Å². The molecule has 2 rings (SSSR count). The zero-order chi connectivity index (χ0) is 13.8. The quantitative estimate of drug-likeness (QED) is 0.928. The summed E-state index contributed by atoms with van der Waals surface area (Å²) in [6, 6.07) is 5.93. The van der Waals surface area contributed by atoms with E-state index in [4.69, 9.17) is 17.3 Å². The van der Waals surface area contributed by atoms with Gasteiger partial charge in [0, 0.05) is 49.9 Å². The average molecular weight is 318 g/mol. The summed E-state index contributed by atoms with van der Waals surface area (Å²) in [6.07, 6.45) is 0.441. The number of anilines is 1. The topological polar surface area (TPSA) is 49.6 Å². The average Bonchev–Trinajstić information content (AvgIpc) is 2.42. The van der Waals surface area contributed by atoms with Gasteiger partial charge in [0.2, 0.25) is 5.91 Å². The maximum Gasteiger partial charge on any atom is 0.223 e. The van der Waals surface area contributed by atoms with E-state index in [1.807, 2.05) is 23.1 Å². The van der Waals surface area contributed by atoms with Crippen LogP contribution in [-0.2, 0) is 4.79 Å². The Morgan fingerprint density at radius 3 is 2.55 bits per heavy atom. The molecule has 1 saturated heterocycles. The zero-order valence-corrected chi connectivity index (χ0v) is 13.2. The number of benzene rings is 1. The summed E-state index contributed by atoms with van der Waals surface area (Å²) in [5.74, 6) is 0.157. The number of halogens is 2. The van der Waals surface area contributed by atoms with Gasteiger partial charge in [-0.3, -0.25) is 4.79 Å². The fourth-order valence-corrected chi connectivity index (χ4v) is 2.57. The number of hydrogen-bond donors (Lipinski definition) is 1. The third kappa shape index (κ3) is 4.01. The molecule has 4 nitrogen and oxygen atoms in total. The van der Waals surface area contributed by atoms with Crippen molar-refractivity contribution in [2.45, 2.75) is 13.3 Å². The summed E-state index contributed by atoms with van der Waals surface area (Å²) in [7, 11) is 0. The molecule has 2 N–H and O–H groups in total. The van der Waals surface area contributed by atoms with Gasteiger partial charge in [-0.05, 0) is 24.6 Å². The molecule has 1 heterocycles. The predicted octanol–water partition coefficient (Wildman–Crippen LogP) is 2.07. The minimum atomic E-state index is 0. The van der Waals surface area contributed by atoms with Crippen LogP contribution in [0.1, 0.15) is 12.0 Å². The fraction of sp³-hybridized carbons (Fsp3) is 0.500. The van der Waals surface area contributed by atoms with Crippen molar-refractivity contribution in [3.05, 3.63) is 28.8 Å². The Hall–Kier alpha value is -0.970. The molecule has 0 radical (unpaired) electrons. The first-order valence-corrected chi connectivity index (χ1v) is 6.98. The van der Waals surface area contributed by atoms with Crippen LogP contribution >= 0.6 is 24.0 Å². The van der Waals surface area contributed by atoms with Gasteiger partial charge in [-0.25, -0.2) is 0 Å². The molecule has 0 bridgehead atoms. The number of nitrogens with two attached hydrogens (primary N) is 1. The minimum absolute atomic E-state index is 0. The first-order valence-electron chi connectivity index (χ1n) is 6.61. The molecule has 0 spiro atoms. The van der Waals surface area contributed by atoms with Gasteiger partial charge in [0.25, 0.3) is 0 Å². The Morgan fingerprint density at radius 2 is 1.95 bits per heavy atom. The summed E-state index contributed by atoms with van der Waals surface area (Å²) < 4.78 is 0. The Balaban J connectivity index is 0.00000200. The molecule has 112 valence electrons. The molecule has 6 heteroatoms. The molecule has 20 heavy (non-hydrogen) atoms. The number of carbonyl (C=O) groups excluding carboxylic acids is 1. The normalized spacial score (nSPS) is 14.9. The van der Waals surface area contributed by atoms with Crippen molar-refractivity contribution >= 4 is 35.6 Å². The maximum atomic E-state index is 11.8. The molecule has 1 aliphatic rings. The van der Waals surface area contributed by atoms with E-state index in [1.54, 1.807) is 0 Å². The number of rotatable bonds is 3. The lowest BCUT2D eigenvalue weighted by molar-refractivity contribution is -0.131. The van der Waals surface area contributed by atoms with Crippen LogP contribution < -0.4 is 10.6 Å². The van der Waals surface area contributed by atoms with E-state index in [9.17, 15) is 4.79 Å². The van der Waals surface area contributed by atoms with Crippen LogP contribution in [0.5, 0.6) is 0 Å². The van der Waals surface area contributed by atoms with E-state index >= 15 is 0 Å². The van der Waals surface area contributed by atoms with Crippen molar-refractivity contribution in [2.75, 3.05) is 37.6 Å². The van der Waals surface area contributed by atoms with Gasteiger partial charge >= 0.3 is 0 Å². The minimum Gasteiger partial charge on any atom is -0.368 e. The van der Waals surface area contributed by atoms with Gasteiger partial charge in [0.05, 0.1) is 0 Å². The Kier molecular flexibility index (Phi) is 6.59. The van der Waals surface area contributed by atoms with E-state index in [1.165, 1.54) is 11.3 Å². The summed E-state index contributed by atoms with van der Waals surface area (Å²) in [4.78, 5) is 15.9. The van der Waals surface area contributed by atoms with Crippen LogP contribution in [0.2, 0.25) is 5.02 Å². The van der Waals surface area contributed by atoms with Crippen molar-refractivity contribution in [1.82, 2.24) is 4.90 Å². The zero-order valence-electron chi connectivity index (χ0n) is 11.6. The summed E-state index contributed by atoms with van der Waals surface area (Å²) in [5.41, 5.74) is 7.80. The van der Waals surface area contributed by atoms with Crippen LogP contribution in [-0.4, -0.2) is 43.5 Å². The maximum absolute atomic E-state index is 11.8. The molecule has 1 aromatic rings. The second-order valence-corrected chi connectivity index (χ2v) is 5.27. The van der Waals surface area contributed by atoms with E-state index in [-0.39, 0.29) is 18.3 Å². The number of piperazine rings is 1. The first kappa shape index (κ1) is 17.1. The van der Waals surface area contributed by atoms with Crippen molar-refractivity contribution in [3.8, 4) is 0 Å². The van der Waals surface area contributed by atoms with E-state index in [2.05, 4.69) is 11.8 Å². The molecule has 1 aromatic carbocycles. The standard InChI is InChI=1S/C14H20ClN3O.ClH/c1-11-2-3-12(15)10-13(11)17-6-8-18(9-7-17)14(19)4-5-16;/h2-3,10H,4-9,16H2,1H3;1H. The van der Waals surface area contributed by atoms with Gasteiger partial charge in [-0.15, -0.1) is 12.4 Å². The number of carbonyl (C=O) groups is 1. The largest absolute Gasteiger partial charge is 0.368 e. The van der Waals surface area contributed by atoms with E-state index in [0.717, 1.165) is 31.2 Å². The van der Waals surface area contributed by atoms with Crippen LogP contribution in [0.25, 0.3) is 0 Å². The summed E-state index contributed by atoms with van der Waals surface area (Å²) >= 11 is 6.05. The van der Waals surface area contributed by atoms with Gasteiger partial charge < -0.3 is 15.5 Å². The second-order valence-electron chi connectivity index (χ2n) is 4.84. The highest BCUT2D eigenvalue weighted by atomic mass is 35.5. The summed E-state index contributed by atoms with van der Waals surface area (Å²) in [5, 5.41) is 0.752. The van der Waals surface area contributed by atoms with Crippen molar-refractivity contribution in [1.29, 1.82) is 0 Å². The number of aryl methyl sites for hydroxylation is 1. The van der Waals surface area contributed by atoms with Gasteiger partial charge in [-0.2, -0.15) is 0 Å². The van der Waals surface area contributed by atoms with Crippen LogP contribution in [0, 0.1) is 6.92 Å². The lowest BCUT2D eigenvalue weighted by Gasteiger charge is -2.37. The number of amides is 1. The third-order valence-corrected chi connectivity index (χ3v) is 3.74. The van der Waals surface area contributed by atoms with E-state index < -0.39 is 0 Å². The Morgan fingerprint density at radius 1 is 1.30 bits per heavy atom. The van der Waals surface area contributed by atoms with Gasteiger partial charge in [-0.1, -0.05) is 17.7 Å². The number of hydrogen-bond acceptors (Lipinski definition) is 3. The van der Waals surface area contributed by atoms with Crippen molar-refractivity contribution in [3.63, 3.8) is 0 Å². The smallest absolute Gasteiger partial charge is 0.223 e. The van der Waals surface area contributed by atoms with Gasteiger partial charge in [0.15, 0.2) is 0 Å². The first-order chi connectivity index (χ1) is 9.11. The molecule has 1 fully saturated rings. The highest BCUT2D eigenvalue weighted by Gasteiger charge is 2.21. The second kappa shape index (κ2) is 7.72. The van der Waals surface area contributed by atoms with Gasteiger partial charge in [0.1, 0.15) is 0 Å².